The van der Waals surface area contributed by atoms with Gasteiger partial charge in [-0.05, 0) is 18.3 Å². The third-order valence-electron chi connectivity index (χ3n) is 2.91. The van der Waals surface area contributed by atoms with Crippen molar-refractivity contribution in [2.24, 2.45) is 5.41 Å². The van der Waals surface area contributed by atoms with Crippen LogP contribution in [0.25, 0.3) is 0 Å². The van der Waals surface area contributed by atoms with Gasteiger partial charge < -0.3 is 5.32 Å². The number of aryl methyl sites for hydroxylation is 1. The second-order valence-electron chi connectivity index (χ2n) is 5.06. The Hall–Kier alpha value is -1.39. The third kappa shape index (κ3) is 4.17. The summed E-state index contributed by atoms with van der Waals surface area (Å²) in [7, 11) is 0. The summed E-state index contributed by atoms with van der Waals surface area (Å²) in [6.45, 7) is 9.05. The molecule has 0 aliphatic rings. The molecule has 0 aliphatic carbocycles. The zero-order valence-corrected chi connectivity index (χ0v) is 11.1. The summed E-state index contributed by atoms with van der Waals surface area (Å²) in [6, 6.07) is 0. The van der Waals surface area contributed by atoms with E-state index in [1.165, 1.54) is 0 Å². The Kier molecular flexibility index (Phi) is 4.66. The standard InChI is InChI=1S/C12H22N4O/c1-5-7-9-14-10(16-15-9)11(17)13-8-12(3,4)6-2/h5-8H2,1-4H3,(H,13,17)(H,14,15,16). The highest BCUT2D eigenvalue weighted by Gasteiger charge is 2.18. The van der Waals surface area contributed by atoms with E-state index in [1.54, 1.807) is 0 Å². The Bertz CT molecular complexity index is 370. The van der Waals surface area contributed by atoms with Gasteiger partial charge >= 0.3 is 0 Å². The molecule has 1 aromatic heterocycles. The number of carbonyl (C=O) groups excluding carboxylic acids is 1. The van der Waals surface area contributed by atoms with Crippen molar-refractivity contribution in [1.82, 2.24) is 20.5 Å². The molecule has 0 radical (unpaired) electrons. The van der Waals surface area contributed by atoms with Gasteiger partial charge in [0, 0.05) is 13.0 Å². The highest BCUT2D eigenvalue weighted by atomic mass is 16.2. The van der Waals surface area contributed by atoms with Crippen molar-refractivity contribution in [3.8, 4) is 0 Å². The number of carbonyl (C=O) groups is 1. The first-order valence-electron chi connectivity index (χ1n) is 6.18. The van der Waals surface area contributed by atoms with Crippen LogP contribution in [-0.4, -0.2) is 27.6 Å². The van der Waals surface area contributed by atoms with Crippen molar-refractivity contribution in [2.75, 3.05) is 6.54 Å². The van der Waals surface area contributed by atoms with Crippen molar-refractivity contribution < 1.29 is 4.79 Å². The number of rotatable bonds is 6. The number of aromatic amines is 1. The maximum atomic E-state index is 11.8. The summed E-state index contributed by atoms with van der Waals surface area (Å²) in [5, 5.41) is 9.55. The minimum absolute atomic E-state index is 0.109. The largest absolute Gasteiger partial charge is 0.349 e. The first-order chi connectivity index (χ1) is 7.98. The van der Waals surface area contributed by atoms with Crippen molar-refractivity contribution in [3.63, 3.8) is 0 Å². The average molecular weight is 238 g/mol. The van der Waals surface area contributed by atoms with E-state index in [4.69, 9.17) is 0 Å². The Labute approximate surface area is 102 Å². The Morgan fingerprint density at radius 1 is 1.41 bits per heavy atom. The van der Waals surface area contributed by atoms with Gasteiger partial charge in [-0.3, -0.25) is 9.89 Å². The van der Waals surface area contributed by atoms with Crippen LogP contribution in [0.5, 0.6) is 0 Å². The second-order valence-corrected chi connectivity index (χ2v) is 5.06. The molecule has 2 N–H and O–H groups in total. The zero-order chi connectivity index (χ0) is 12.9. The van der Waals surface area contributed by atoms with Crippen LogP contribution < -0.4 is 5.32 Å². The van der Waals surface area contributed by atoms with E-state index in [-0.39, 0.29) is 17.1 Å². The van der Waals surface area contributed by atoms with Crippen molar-refractivity contribution in [1.29, 1.82) is 0 Å². The molecular weight excluding hydrogens is 216 g/mol. The van der Waals surface area contributed by atoms with Crippen LogP contribution in [0.3, 0.4) is 0 Å². The molecule has 5 nitrogen and oxygen atoms in total. The van der Waals surface area contributed by atoms with E-state index in [2.05, 4.69) is 48.2 Å². The number of hydrogen-bond donors (Lipinski definition) is 2. The molecule has 1 amide bonds. The van der Waals surface area contributed by atoms with Gasteiger partial charge in [-0.25, -0.2) is 4.98 Å². The Balaban J connectivity index is 2.52. The summed E-state index contributed by atoms with van der Waals surface area (Å²) in [6.07, 6.45) is 2.82. The molecule has 0 fully saturated rings. The highest BCUT2D eigenvalue weighted by molar-refractivity contribution is 5.90. The summed E-state index contributed by atoms with van der Waals surface area (Å²) in [4.78, 5) is 15.9. The predicted molar refractivity (Wildman–Crippen MR) is 66.8 cm³/mol. The summed E-state index contributed by atoms with van der Waals surface area (Å²) in [5.74, 6) is 0.804. The van der Waals surface area contributed by atoms with E-state index < -0.39 is 0 Å². The van der Waals surface area contributed by atoms with Crippen molar-refractivity contribution >= 4 is 5.91 Å². The maximum absolute atomic E-state index is 11.8. The van der Waals surface area contributed by atoms with E-state index >= 15 is 0 Å². The fraction of sp³-hybridized carbons (Fsp3) is 0.750. The molecule has 0 saturated heterocycles. The molecule has 0 atom stereocenters. The average Bonchev–Trinajstić information content (AvgIpc) is 2.75. The number of hydrogen-bond acceptors (Lipinski definition) is 3. The quantitative estimate of drug-likeness (QED) is 0.795. The molecule has 0 spiro atoms. The fourth-order valence-corrected chi connectivity index (χ4v) is 1.27. The lowest BCUT2D eigenvalue weighted by Crippen LogP contribution is -2.34. The summed E-state index contributed by atoms with van der Waals surface area (Å²) >= 11 is 0. The van der Waals surface area contributed by atoms with Crippen LogP contribution in [0.2, 0.25) is 0 Å². The topological polar surface area (TPSA) is 70.7 Å². The van der Waals surface area contributed by atoms with Crippen LogP contribution in [0.1, 0.15) is 57.0 Å². The first kappa shape index (κ1) is 13.7. The molecule has 1 heterocycles. The van der Waals surface area contributed by atoms with Gasteiger partial charge in [-0.2, -0.15) is 0 Å². The van der Waals surface area contributed by atoms with Crippen LogP contribution in [0.4, 0.5) is 0 Å². The lowest BCUT2D eigenvalue weighted by Gasteiger charge is -2.22. The van der Waals surface area contributed by atoms with Gasteiger partial charge in [0.15, 0.2) is 0 Å². The lowest BCUT2D eigenvalue weighted by atomic mass is 9.90. The highest BCUT2D eigenvalue weighted by Crippen LogP contribution is 2.17. The molecule has 1 aromatic rings. The number of nitrogens with zero attached hydrogens (tertiary/aromatic N) is 2. The smallest absolute Gasteiger partial charge is 0.290 e. The molecule has 96 valence electrons. The minimum Gasteiger partial charge on any atom is -0.349 e. The van der Waals surface area contributed by atoms with E-state index in [9.17, 15) is 4.79 Å². The molecular formula is C12H22N4O. The molecule has 5 heteroatoms. The minimum atomic E-state index is -0.204. The van der Waals surface area contributed by atoms with Gasteiger partial charge in [0.05, 0.1) is 0 Å². The molecule has 0 bridgehead atoms. The van der Waals surface area contributed by atoms with Gasteiger partial charge in [-0.1, -0.05) is 27.7 Å². The van der Waals surface area contributed by atoms with Crippen molar-refractivity contribution in [2.45, 2.75) is 47.0 Å². The maximum Gasteiger partial charge on any atom is 0.290 e. The fourth-order valence-electron chi connectivity index (χ4n) is 1.27. The van der Waals surface area contributed by atoms with E-state index in [0.29, 0.717) is 6.54 Å². The number of H-pyrrole nitrogens is 1. The van der Waals surface area contributed by atoms with Crippen LogP contribution in [0.15, 0.2) is 0 Å². The van der Waals surface area contributed by atoms with E-state index in [0.717, 1.165) is 25.1 Å². The molecule has 1 rings (SSSR count). The van der Waals surface area contributed by atoms with Gasteiger partial charge in [0.1, 0.15) is 5.82 Å². The SMILES string of the molecule is CCCc1nc(C(=O)NCC(C)(C)CC)n[nH]1. The molecule has 0 unspecified atom stereocenters. The summed E-state index contributed by atoms with van der Waals surface area (Å²) < 4.78 is 0. The first-order valence-corrected chi connectivity index (χ1v) is 6.18. The third-order valence-corrected chi connectivity index (χ3v) is 2.91. The second kappa shape index (κ2) is 5.80. The number of nitrogens with one attached hydrogen (secondary N) is 2. The van der Waals surface area contributed by atoms with E-state index in [1.807, 2.05) is 0 Å². The molecule has 17 heavy (non-hydrogen) atoms. The monoisotopic (exact) mass is 238 g/mol. The predicted octanol–water partition coefficient (Wildman–Crippen LogP) is 1.92. The van der Waals surface area contributed by atoms with Gasteiger partial charge in [0.2, 0.25) is 5.82 Å². The molecule has 0 saturated carbocycles. The van der Waals surface area contributed by atoms with Gasteiger partial charge in [0.25, 0.3) is 5.91 Å². The molecule has 0 aromatic carbocycles. The Morgan fingerprint density at radius 3 is 2.71 bits per heavy atom. The van der Waals surface area contributed by atoms with Crippen LogP contribution >= 0.6 is 0 Å². The van der Waals surface area contributed by atoms with Crippen LogP contribution in [0, 0.1) is 5.41 Å². The molecule has 0 aliphatic heterocycles. The normalized spacial score (nSPS) is 11.5. The number of amides is 1. The van der Waals surface area contributed by atoms with Crippen LogP contribution in [-0.2, 0) is 6.42 Å². The zero-order valence-electron chi connectivity index (χ0n) is 11.1. The van der Waals surface area contributed by atoms with Gasteiger partial charge in [-0.15, -0.1) is 5.10 Å². The lowest BCUT2D eigenvalue weighted by molar-refractivity contribution is 0.0925. The summed E-state index contributed by atoms with van der Waals surface area (Å²) in [5.41, 5.74) is 0.109. The Morgan fingerprint density at radius 2 is 2.12 bits per heavy atom. The number of aromatic nitrogens is 3. The van der Waals surface area contributed by atoms with Crippen molar-refractivity contribution in [3.05, 3.63) is 11.6 Å².